The number of hydrogen-bond acceptors (Lipinski definition) is 2. The Morgan fingerprint density at radius 2 is 1.52 bits per heavy atom. The average Bonchev–Trinajstić information content (AvgIpc) is 2.83. The van der Waals surface area contributed by atoms with Crippen LogP contribution >= 0.6 is 35.1 Å². The van der Waals surface area contributed by atoms with Crippen LogP contribution < -0.4 is 0 Å². The van der Waals surface area contributed by atoms with Crippen LogP contribution in [0.1, 0.15) is 18.5 Å². The summed E-state index contributed by atoms with van der Waals surface area (Å²) in [6.07, 6.45) is 2.28. The predicted molar refractivity (Wildman–Crippen MR) is 92.0 cm³/mol. The van der Waals surface area contributed by atoms with Crippen molar-refractivity contribution in [1.82, 2.24) is 4.31 Å². The van der Waals surface area contributed by atoms with Crippen LogP contribution in [-0.4, -0.2) is 10.8 Å². The van der Waals surface area contributed by atoms with E-state index in [1.807, 2.05) is 24.3 Å². The zero-order chi connectivity index (χ0) is 14.8. The molecule has 4 heteroatoms. The van der Waals surface area contributed by atoms with E-state index in [4.69, 9.17) is 23.2 Å². The zero-order valence-corrected chi connectivity index (χ0v) is 13.9. The number of benzene rings is 2. The minimum atomic E-state index is 0.294. The Hall–Kier alpha value is -0.930. The van der Waals surface area contributed by atoms with Crippen LogP contribution in [0.4, 0.5) is 0 Å². The molecule has 21 heavy (non-hydrogen) atoms. The predicted octanol–water partition coefficient (Wildman–Crippen LogP) is 6.00. The van der Waals surface area contributed by atoms with E-state index in [-0.39, 0.29) is 0 Å². The van der Waals surface area contributed by atoms with Crippen molar-refractivity contribution < 1.29 is 0 Å². The van der Waals surface area contributed by atoms with Gasteiger partial charge in [0.05, 0.1) is 6.04 Å². The van der Waals surface area contributed by atoms with Gasteiger partial charge in [-0.25, -0.2) is 4.31 Å². The lowest BCUT2D eigenvalue weighted by Gasteiger charge is -2.25. The lowest BCUT2D eigenvalue weighted by atomic mass is 10.0. The summed E-state index contributed by atoms with van der Waals surface area (Å²) >= 11 is 13.7. The molecule has 1 aliphatic heterocycles. The normalized spacial score (nSPS) is 18.8. The standard InChI is InChI=1S/C17H15Cl2NS/c1-12-10-11-20(21-16-8-6-15(19)7-9-16)17(12)13-2-4-14(18)5-3-13/h2-10,17H,11H2,1H3. The van der Waals surface area contributed by atoms with Crippen molar-refractivity contribution >= 4 is 35.1 Å². The van der Waals surface area contributed by atoms with Gasteiger partial charge in [-0.05, 0) is 60.8 Å². The fraction of sp³-hybridized carbons (Fsp3) is 0.176. The largest absolute Gasteiger partial charge is 0.231 e. The SMILES string of the molecule is CC1=CCN(Sc2ccc(Cl)cc2)C1c1ccc(Cl)cc1. The first-order valence-corrected chi connectivity index (χ1v) is 8.29. The maximum absolute atomic E-state index is 5.99. The minimum absolute atomic E-state index is 0.294. The van der Waals surface area contributed by atoms with E-state index in [2.05, 4.69) is 41.6 Å². The highest BCUT2D eigenvalue weighted by Crippen LogP contribution is 2.40. The summed E-state index contributed by atoms with van der Waals surface area (Å²) in [5, 5.41) is 1.54. The summed E-state index contributed by atoms with van der Waals surface area (Å²) in [6, 6.07) is 16.4. The van der Waals surface area contributed by atoms with E-state index in [0.717, 1.165) is 16.6 Å². The van der Waals surface area contributed by atoms with Crippen molar-refractivity contribution in [1.29, 1.82) is 0 Å². The van der Waals surface area contributed by atoms with Gasteiger partial charge in [-0.2, -0.15) is 0 Å². The van der Waals surface area contributed by atoms with E-state index < -0.39 is 0 Å². The minimum Gasteiger partial charge on any atom is -0.231 e. The molecule has 0 N–H and O–H groups in total. The second kappa shape index (κ2) is 6.45. The molecule has 1 nitrogen and oxygen atoms in total. The molecule has 1 unspecified atom stereocenters. The Morgan fingerprint density at radius 3 is 2.14 bits per heavy atom. The fourth-order valence-corrected chi connectivity index (χ4v) is 3.80. The van der Waals surface area contributed by atoms with Crippen LogP contribution in [0, 0.1) is 0 Å². The molecule has 108 valence electrons. The monoisotopic (exact) mass is 335 g/mol. The molecule has 0 spiro atoms. The summed E-state index contributed by atoms with van der Waals surface area (Å²) in [5.74, 6) is 0. The first-order valence-electron chi connectivity index (χ1n) is 6.76. The van der Waals surface area contributed by atoms with Crippen molar-refractivity contribution in [3.8, 4) is 0 Å². The fourth-order valence-electron chi connectivity index (χ4n) is 2.47. The van der Waals surface area contributed by atoms with Gasteiger partial charge in [0.25, 0.3) is 0 Å². The molecule has 0 aliphatic carbocycles. The number of hydrogen-bond donors (Lipinski definition) is 0. The van der Waals surface area contributed by atoms with Crippen molar-refractivity contribution in [2.45, 2.75) is 17.9 Å². The molecule has 0 radical (unpaired) electrons. The van der Waals surface area contributed by atoms with Crippen LogP contribution in [0.2, 0.25) is 10.0 Å². The van der Waals surface area contributed by atoms with E-state index in [1.54, 1.807) is 11.9 Å². The van der Waals surface area contributed by atoms with Gasteiger partial charge in [0.2, 0.25) is 0 Å². The molecule has 0 saturated heterocycles. The number of halogens is 2. The second-order valence-corrected chi connectivity index (χ2v) is 7.04. The van der Waals surface area contributed by atoms with Crippen molar-refractivity contribution in [3.05, 3.63) is 75.8 Å². The van der Waals surface area contributed by atoms with Gasteiger partial charge < -0.3 is 0 Å². The molecule has 3 rings (SSSR count). The van der Waals surface area contributed by atoms with Gasteiger partial charge in [-0.1, -0.05) is 47.0 Å². The number of nitrogens with zero attached hydrogens (tertiary/aromatic N) is 1. The quantitative estimate of drug-likeness (QED) is 0.499. The lowest BCUT2D eigenvalue weighted by molar-refractivity contribution is 0.471. The van der Waals surface area contributed by atoms with Crippen molar-refractivity contribution in [2.24, 2.45) is 0 Å². The van der Waals surface area contributed by atoms with E-state index in [0.29, 0.717) is 6.04 Å². The number of rotatable bonds is 3. The van der Waals surface area contributed by atoms with E-state index in [1.165, 1.54) is 16.0 Å². The molecule has 2 aromatic rings. The Kier molecular flexibility index (Phi) is 4.60. The highest BCUT2D eigenvalue weighted by molar-refractivity contribution is 7.97. The van der Waals surface area contributed by atoms with Crippen LogP contribution in [-0.2, 0) is 0 Å². The molecule has 0 bridgehead atoms. The first-order chi connectivity index (χ1) is 10.1. The summed E-state index contributed by atoms with van der Waals surface area (Å²) in [6.45, 7) is 3.12. The maximum atomic E-state index is 5.99. The first kappa shape index (κ1) is 15.0. The smallest absolute Gasteiger partial charge is 0.0666 e. The summed E-state index contributed by atoms with van der Waals surface area (Å²) in [7, 11) is 0. The molecule has 0 aromatic heterocycles. The molecular weight excluding hydrogens is 321 g/mol. The highest BCUT2D eigenvalue weighted by Gasteiger charge is 2.27. The van der Waals surface area contributed by atoms with Crippen molar-refractivity contribution in [2.75, 3.05) is 6.54 Å². The van der Waals surface area contributed by atoms with E-state index in [9.17, 15) is 0 Å². The molecule has 1 aliphatic rings. The average molecular weight is 336 g/mol. The Balaban J connectivity index is 1.81. The zero-order valence-electron chi connectivity index (χ0n) is 11.6. The van der Waals surface area contributed by atoms with Crippen LogP contribution in [0.3, 0.4) is 0 Å². The Morgan fingerprint density at radius 1 is 0.952 bits per heavy atom. The molecule has 0 saturated carbocycles. The second-order valence-electron chi connectivity index (χ2n) is 5.05. The third kappa shape index (κ3) is 3.46. The van der Waals surface area contributed by atoms with Gasteiger partial charge in [0.15, 0.2) is 0 Å². The molecule has 1 atom stereocenters. The molecular formula is C17H15Cl2NS. The van der Waals surface area contributed by atoms with Gasteiger partial charge in [0, 0.05) is 21.5 Å². The highest BCUT2D eigenvalue weighted by atomic mass is 35.5. The Bertz CT molecular complexity index is 649. The molecule has 2 aromatic carbocycles. The van der Waals surface area contributed by atoms with E-state index >= 15 is 0 Å². The summed E-state index contributed by atoms with van der Waals surface area (Å²) in [4.78, 5) is 1.20. The van der Waals surface area contributed by atoms with Gasteiger partial charge >= 0.3 is 0 Å². The van der Waals surface area contributed by atoms with Gasteiger partial charge in [-0.3, -0.25) is 0 Å². The van der Waals surface area contributed by atoms with Crippen LogP contribution in [0.15, 0.2) is 65.1 Å². The topological polar surface area (TPSA) is 3.24 Å². The third-order valence-corrected chi connectivity index (χ3v) is 5.12. The molecule has 0 fully saturated rings. The summed E-state index contributed by atoms with van der Waals surface area (Å²) in [5.41, 5.74) is 2.64. The maximum Gasteiger partial charge on any atom is 0.0666 e. The Labute approximate surface area is 139 Å². The molecule has 1 heterocycles. The van der Waals surface area contributed by atoms with Crippen LogP contribution in [0.5, 0.6) is 0 Å². The molecule has 0 amide bonds. The van der Waals surface area contributed by atoms with Gasteiger partial charge in [0.1, 0.15) is 0 Å². The van der Waals surface area contributed by atoms with Crippen LogP contribution in [0.25, 0.3) is 0 Å². The lowest BCUT2D eigenvalue weighted by Crippen LogP contribution is -2.17. The van der Waals surface area contributed by atoms with Gasteiger partial charge in [-0.15, -0.1) is 0 Å². The third-order valence-electron chi connectivity index (χ3n) is 3.53. The summed E-state index contributed by atoms with van der Waals surface area (Å²) < 4.78 is 2.38. The van der Waals surface area contributed by atoms with Crippen molar-refractivity contribution in [3.63, 3.8) is 0 Å².